The first-order valence-corrected chi connectivity index (χ1v) is 7.69. The zero-order valence-electron chi connectivity index (χ0n) is 12.5. The normalized spacial score (nSPS) is 15.5. The van der Waals surface area contributed by atoms with Crippen LogP contribution >= 0.6 is 0 Å². The molecule has 0 radical (unpaired) electrons. The molecule has 114 valence electrons. The van der Waals surface area contributed by atoms with Gasteiger partial charge < -0.3 is 16.0 Å². The molecule has 1 amide bonds. The van der Waals surface area contributed by atoms with Crippen LogP contribution in [0.3, 0.4) is 0 Å². The maximum atomic E-state index is 12.3. The minimum atomic E-state index is -0.0729. The number of carbonyl (C=O) groups is 1. The summed E-state index contributed by atoms with van der Waals surface area (Å²) in [7, 11) is 0. The quantitative estimate of drug-likeness (QED) is 0.856. The summed E-state index contributed by atoms with van der Waals surface area (Å²) in [5.41, 5.74) is 8.20. The zero-order chi connectivity index (χ0) is 15.4. The van der Waals surface area contributed by atoms with Crippen molar-refractivity contribution in [1.29, 1.82) is 0 Å². The van der Waals surface area contributed by atoms with Gasteiger partial charge in [-0.1, -0.05) is 30.3 Å². The number of nitrogens with two attached hydrogens (primary N) is 1. The van der Waals surface area contributed by atoms with Crippen molar-refractivity contribution in [3.05, 3.63) is 60.2 Å². The molecule has 0 bridgehead atoms. The number of carbonyl (C=O) groups excluding carboxylic acids is 1. The minimum Gasteiger partial charge on any atom is -0.398 e. The largest absolute Gasteiger partial charge is 0.398 e. The molecule has 4 nitrogen and oxygen atoms in total. The zero-order valence-corrected chi connectivity index (χ0v) is 12.5. The molecule has 1 aliphatic rings. The summed E-state index contributed by atoms with van der Waals surface area (Å²) in [5, 5.41) is 3.10. The average molecular weight is 295 g/mol. The van der Waals surface area contributed by atoms with Crippen LogP contribution in [-0.4, -0.2) is 25.0 Å². The highest BCUT2D eigenvalue weighted by Crippen LogP contribution is 2.20. The van der Waals surface area contributed by atoms with Gasteiger partial charge in [-0.2, -0.15) is 0 Å². The van der Waals surface area contributed by atoms with Crippen molar-refractivity contribution in [3.63, 3.8) is 0 Å². The monoisotopic (exact) mass is 295 g/mol. The number of benzene rings is 2. The number of rotatable bonds is 3. The van der Waals surface area contributed by atoms with Gasteiger partial charge in [0, 0.05) is 30.5 Å². The molecule has 0 spiro atoms. The number of piperidine rings is 1. The van der Waals surface area contributed by atoms with Crippen LogP contribution < -0.4 is 16.0 Å². The standard InChI is InChI=1S/C18H21N3O/c19-17-9-5-4-8-16(17)18(22)20-14-10-12-21(13-11-14)15-6-2-1-3-7-15/h1-9,14H,10-13,19H2,(H,20,22). The van der Waals surface area contributed by atoms with Gasteiger partial charge in [-0.3, -0.25) is 4.79 Å². The Labute approximate surface area is 130 Å². The highest BCUT2D eigenvalue weighted by molar-refractivity contribution is 5.99. The Kier molecular flexibility index (Phi) is 4.28. The number of amides is 1. The highest BCUT2D eigenvalue weighted by Gasteiger charge is 2.21. The predicted molar refractivity (Wildman–Crippen MR) is 90.0 cm³/mol. The summed E-state index contributed by atoms with van der Waals surface area (Å²) in [6, 6.07) is 17.8. The summed E-state index contributed by atoms with van der Waals surface area (Å²) >= 11 is 0. The highest BCUT2D eigenvalue weighted by atomic mass is 16.1. The van der Waals surface area contributed by atoms with Crippen LogP contribution in [0.25, 0.3) is 0 Å². The molecule has 1 heterocycles. The summed E-state index contributed by atoms with van der Waals surface area (Å²) in [4.78, 5) is 14.6. The first-order valence-electron chi connectivity index (χ1n) is 7.69. The van der Waals surface area contributed by atoms with Crippen molar-refractivity contribution in [3.8, 4) is 0 Å². The van der Waals surface area contributed by atoms with Crippen LogP contribution in [0.1, 0.15) is 23.2 Å². The van der Waals surface area contributed by atoms with Gasteiger partial charge in [-0.25, -0.2) is 0 Å². The van der Waals surface area contributed by atoms with Gasteiger partial charge in [0.2, 0.25) is 0 Å². The van der Waals surface area contributed by atoms with Gasteiger partial charge in [0.05, 0.1) is 5.56 Å². The molecule has 1 aliphatic heterocycles. The lowest BCUT2D eigenvalue weighted by atomic mass is 10.0. The van der Waals surface area contributed by atoms with E-state index in [9.17, 15) is 4.79 Å². The fourth-order valence-corrected chi connectivity index (χ4v) is 2.89. The fourth-order valence-electron chi connectivity index (χ4n) is 2.89. The van der Waals surface area contributed by atoms with Crippen LogP contribution in [0.2, 0.25) is 0 Å². The molecule has 3 N–H and O–H groups in total. The number of para-hydroxylation sites is 2. The van der Waals surface area contributed by atoms with E-state index >= 15 is 0 Å². The van der Waals surface area contributed by atoms with Gasteiger partial charge in [0.15, 0.2) is 0 Å². The fraction of sp³-hybridized carbons (Fsp3) is 0.278. The topological polar surface area (TPSA) is 58.4 Å². The number of nitrogens with one attached hydrogen (secondary N) is 1. The second-order valence-corrected chi connectivity index (χ2v) is 5.66. The summed E-state index contributed by atoms with van der Waals surface area (Å²) < 4.78 is 0. The lowest BCUT2D eigenvalue weighted by Gasteiger charge is -2.34. The molecule has 2 aromatic rings. The van der Waals surface area contributed by atoms with Crippen LogP contribution in [0, 0.1) is 0 Å². The van der Waals surface area contributed by atoms with Crippen molar-refractivity contribution in [2.75, 3.05) is 23.7 Å². The van der Waals surface area contributed by atoms with Crippen LogP contribution in [0.15, 0.2) is 54.6 Å². The molecule has 0 atom stereocenters. The number of nitrogen functional groups attached to an aromatic ring is 1. The predicted octanol–water partition coefficient (Wildman–Crippen LogP) is 2.67. The molecule has 1 fully saturated rings. The number of hydrogen-bond acceptors (Lipinski definition) is 3. The number of nitrogens with zero attached hydrogens (tertiary/aromatic N) is 1. The molecule has 0 aromatic heterocycles. The van der Waals surface area contributed by atoms with E-state index in [2.05, 4.69) is 34.5 Å². The maximum absolute atomic E-state index is 12.3. The minimum absolute atomic E-state index is 0.0729. The Morgan fingerprint density at radius 2 is 1.64 bits per heavy atom. The summed E-state index contributed by atoms with van der Waals surface area (Å²) in [5.74, 6) is -0.0729. The van der Waals surface area contributed by atoms with Crippen LogP contribution in [0.5, 0.6) is 0 Å². The molecule has 22 heavy (non-hydrogen) atoms. The van der Waals surface area contributed by atoms with Crippen LogP contribution in [0.4, 0.5) is 11.4 Å². The van der Waals surface area contributed by atoms with Gasteiger partial charge in [0.1, 0.15) is 0 Å². The van der Waals surface area contributed by atoms with E-state index in [4.69, 9.17) is 5.73 Å². The molecular formula is C18H21N3O. The number of hydrogen-bond donors (Lipinski definition) is 2. The van der Waals surface area contributed by atoms with E-state index in [1.165, 1.54) is 5.69 Å². The molecule has 0 unspecified atom stereocenters. The SMILES string of the molecule is Nc1ccccc1C(=O)NC1CCN(c2ccccc2)CC1. The van der Waals surface area contributed by atoms with E-state index in [1.807, 2.05) is 18.2 Å². The van der Waals surface area contributed by atoms with E-state index in [1.54, 1.807) is 12.1 Å². The summed E-state index contributed by atoms with van der Waals surface area (Å²) in [6.45, 7) is 1.92. The van der Waals surface area contributed by atoms with E-state index in [0.29, 0.717) is 11.3 Å². The van der Waals surface area contributed by atoms with Gasteiger partial charge >= 0.3 is 0 Å². The molecular weight excluding hydrogens is 274 g/mol. The maximum Gasteiger partial charge on any atom is 0.253 e. The third-order valence-electron chi connectivity index (χ3n) is 4.16. The second-order valence-electron chi connectivity index (χ2n) is 5.66. The third-order valence-corrected chi connectivity index (χ3v) is 4.16. The molecule has 4 heteroatoms. The van der Waals surface area contributed by atoms with Crippen molar-refractivity contribution >= 4 is 17.3 Å². The Morgan fingerprint density at radius 1 is 1.00 bits per heavy atom. The van der Waals surface area contributed by atoms with Crippen molar-refractivity contribution < 1.29 is 4.79 Å². The Morgan fingerprint density at radius 3 is 2.32 bits per heavy atom. The molecule has 1 saturated heterocycles. The Balaban J connectivity index is 1.56. The van der Waals surface area contributed by atoms with E-state index < -0.39 is 0 Å². The van der Waals surface area contributed by atoms with Gasteiger partial charge in [-0.15, -0.1) is 0 Å². The van der Waals surface area contributed by atoms with Crippen molar-refractivity contribution in [2.45, 2.75) is 18.9 Å². The average Bonchev–Trinajstić information content (AvgIpc) is 2.57. The van der Waals surface area contributed by atoms with Gasteiger partial charge in [0.25, 0.3) is 5.91 Å². The lowest BCUT2D eigenvalue weighted by Crippen LogP contribution is -2.44. The van der Waals surface area contributed by atoms with E-state index in [0.717, 1.165) is 25.9 Å². The van der Waals surface area contributed by atoms with E-state index in [-0.39, 0.29) is 11.9 Å². The van der Waals surface area contributed by atoms with Crippen molar-refractivity contribution in [2.24, 2.45) is 0 Å². The first-order chi connectivity index (χ1) is 10.7. The first kappa shape index (κ1) is 14.4. The second kappa shape index (κ2) is 6.52. The lowest BCUT2D eigenvalue weighted by molar-refractivity contribution is 0.0932. The van der Waals surface area contributed by atoms with Crippen LogP contribution in [-0.2, 0) is 0 Å². The smallest absolute Gasteiger partial charge is 0.253 e. The molecule has 3 rings (SSSR count). The van der Waals surface area contributed by atoms with Gasteiger partial charge in [-0.05, 0) is 37.1 Å². The molecule has 0 aliphatic carbocycles. The molecule has 0 saturated carbocycles. The summed E-state index contributed by atoms with van der Waals surface area (Å²) in [6.07, 6.45) is 1.90. The third kappa shape index (κ3) is 3.22. The Bertz CT molecular complexity index is 634. The number of anilines is 2. The van der Waals surface area contributed by atoms with Crippen molar-refractivity contribution in [1.82, 2.24) is 5.32 Å². The molecule has 2 aromatic carbocycles. The Hall–Kier alpha value is -2.49.